The number of aliphatic hydroxyl groups excluding tert-OH is 1. The predicted octanol–water partition coefficient (Wildman–Crippen LogP) is 3.88. The Morgan fingerprint density at radius 1 is 1.08 bits per heavy atom. The lowest BCUT2D eigenvalue weighted by Gasteiger charge is -2.13. The minimum Gasteiger partial charge on any atom is -0.387 e. The van der Waals surface area contributed by atoms with Crippen LogP contribution in [0, 0.1) is 18.6 Å². The molecule has 25 heavy (non-hydrogen) atoms. The number of hydrogen-bond acceptors (Lipinski definition) is 4. The summed E-state index contributed by atoms with van der Waals surface area (Å²) in [6, 6.07) is 13.5. The molecule has 0 saturated heterocycles. The lowest BCUT2D eigenvalue weighted by atomic mass is 10.1. The van der Waals surface area contributed by atoms with Crippen LogP contribution in [0.2, 0.25) is 0 Å². The van der Waals surface area contributed by atoms with Gasteiger partial charge in [0.1, 0.15) is 12.1 Å². The molecule has 0 amide bonds. The summed E-state index contributed by atoms with van der Waals surface area (Å²) in [4.78, 5) is 8.20. The van der Waals surface area contributed by atoms with Gasteiger partial charge >= 0.3 is 0 Å². The standard InChI is InChI=1S/C19H17F2N3O/c1-12-7-14(8-15(20)19(12)21)16-9-18(24-11-23-16)22-10-17(25)13-5-3-2-4-6-13/h2-9,11,17,25H,10H2,1H3,(H,22,23,24). The molecular formula is C19H17F2N3O. The van der Waals surface area contributed by atoms with Crippen LogP contribution in [0.4, 0.5) is 14.6 Å². The summed E-state index contributed by atoms with van der Waals surface area (Å²) in [7, 11) is 0. The summed E-state index contributed by atoms with van der Waals surface area (Å²) in [6.45, 7) is 1.76. The highest BCUT2D eigenvalue weighted by Gasteiger charge is 2.11. The van der Waals surface area contributed by atoms with Gasteiger partial charge in [-0.1, -0.05) is 30.3 Å². The molecule has 1 atom stereocenters. The Morgan fingerprint density at radius 2 is 1.84 bits per heavy atom. The number of hydrogen-bond donors (Lipinski definition) is 2. The smallest absolute Gasteiger partial charge is 0.161 e. The van der Waals surface area contributed by atoms with Gasteiger partial charge in [-0.25, -0.2) is 18.7 Å². The zero-order valence-electron chi connectivity index (χ0n) is 13.6. The van der Waals surface area contributed by atoms with E-state index in [1.54, 1.807) is 6.07 Å². The van der Waals surface area contributed by atoms with E-state index in [0.717, 1.165) is 11.6 Å². The Hall–Kier alpha value is -2.86. The molecule has 2 aromatic carbocycles. The van der Waals surface area contributed by atoms with E-state index in [-0.39, 0.29) is 12.1 Å². The molecule has 0 bridgehead atoms. The van der Waals surface area contributed by atoms with E-state index in [0.29, 0.717) is 17.1 Å². The highest BCUT2D eigenvalue weighted by atomic mass is 19.2. The van der Waals surface area contributed by atoms with Crippen LogP contribution >= 0.6 is 0 Å². The maximum atomic E-state index is 13.6. The minimum absolute atomic E-state index is 0.211. The minimum atomic E-state index is -0.914. The second kappa shape index (κ2) is 7.36. The molecule has 1 unspecified atom stereocenters. The number of aromatic nitrogens is 2. The third kappa shape index (κ3) is 3.97. The fraction of sp³-hybridized carbons (Fsp3) is 0.158. The topological polar surface area (TPSA) is 58.0 Å². The van der Waals surface area contributed by atoms with E-state index in [1.165, 1.54) is 19.3 Å². The zero-order valence-corrected chi connectivity index (χ0v) is 13.6. The maximum Gasteiger partial charge on any atom is 0.161 e. The summed E-state index contributed by atoms with van der Waals surface area (Å²) >= 11 is 0. The molecule has 3 rings (SSSR count). The number of anilines is 1. The molecule has 0 radical (unpaired) electrons. The van der Waals surface area contributed by atoms with Crippen LogP contribution in [0.1, 0.15) is 17.2 Å². The van der Waals surface area contributed by atoms with Crippen LogP contribution in [-0.2, 0) is 0 Å². The fourth-order valence-corrected chi connectivity index (χ4v) is 2.48. The summed E-state index contributed by atoms with van der Waals surface area (Å²) in [5.74, 6) is -1.29. The molecule has 0 aliphatic carbocycles. The van der Waals surface area contributed by atoms with Crippen molar-refractivity contribution in [2.24, 2.45) is 0 Å². The van der Waals surface area contributed by atoms with E-state index >= 15 is 0 Å². The van der Waals surface area contributed by atoms with Crippen molar-refractivity contribution in [2.45, 2.75) is 13.0 Å². The van der Waals surface area contributed by atoms with Crippen LogP contribution in [0.3, 0.4) is 0 Å². The largest absolute Gasteiger partial charge is 0.387 e. The quantitative estimate of drug-likeness (QED) is 0.739. The van der Waals surface area contributed by atoms with Crippen molar-refractivity contribution in [3.8, 4) is 11.3 Å². The maximum absolute atomic E-state index is 13.6. The van der Waals surface area contributed by atoms with Crippen molar-refractivity contribution >= 4 is 5.82 Å². The first kappa shape index (κ1) is 17.0. The van der Waals surface area contributed by atoms with Crippen LogP contribution < -0.4 is 5.32 Å². The van der Waals surface area contributed by atoms with Gasteiger partial charge in [0.05, 0.1) is 11.8 Å². The highest BCUT2D eigenvalue weighted by molar-refractivity contribution is 5.63. The fourth-order valence-electron chi connectivity index (χ4n) is 2.48. The third-order valence-electron chi connectivity index (χ3n) is 3.83. The predicted molar refractivity (Wildman–Crippen MR) is 92.0 cm³/mol. The average Bonchev–Trinajstić information content (AvgIpc) is 2.64. The molecule has 3 aromatic rings. The molecule has 0 aliphatic rings. The van der Waals surface area contributed by atoms with Crippen LogP contribution in [-0.4, -0.2) is 21.6 Å². The number of aliphatic hydroxyl groups is 1. The van der Waals surface area contributed by atoms with Crippen LogP contribution in [0.15, 0.2) is 54.9 Å². The Labute approximate surface area is 144 Å². The Morgan fingerprint density at radius 3 is 2.56 bits per heavy atom. The first-order valence-electron chi connectivity index (χ1n) is 7.79. The van der Waals surface area contributed by atoms with E-state index in [1.807, 2.05) is 30.3 Å². The molecule has 2 N–H and O–H groups in total. The first-order valence-corrected chi connectivity index (χ1v) is 7.79. The van der Waals surface area contributed by atoms with E-state index in [9.17, 15) is 13.9 Å². The highest BCUT2D eigenvalue weighted by Crippen LogP contribution is 2.24. The van der Waals surface area contributed by atoms with E-state index in [2.05, 4.69) is 15.3 Å². The van der Waals surface area contributed by atoms with E-state index in [4.69, 9.17) is 0 Å². The number of benzene rings is 2. The second-order valence-electron chi connectivity index (χ2n) is 5.68. The SMILES string of the molecule is Cc1cc(-c2cc(NCC(O)c3ccccc3)ncn2)cc(F)c1F. The molecule has 1 heterocycles. The van der Waals surface area contributed by atoms with Gasteiger partial charge in [0.2, 0.25) is 0 Å². The third-order valence-corrected chi connectivity index (χ3v) is 3.83. The van der Waals surface area contributed by atoms with Crippen molar-refractivity contribution in [3.63, 3.8) is 0 Å². The number of nitrogens with zero attached hydrogens (tertiary/aromatic N) is 2. The molecule has 0 fully saturated rings. The second-order valence-corrected chi connectivity index (χ2v) is 5.68. The van der Waals surface area contributed by atoms with Crippen molar-refractivity contribution in [3.05, 3.63) is 77.6 Å². The Bertz CT molecular complexity index is 849. The van der Waals surface area contributed by atoms with Gasteiger partial charge in [0, 0.05) is 18.2 Å². The Kier molecular flexibility index (Phi) is 5.00. The molecular weight excluding hydrogens is 324 g/mol. The van der Waals surface area contributed by atoms with Crippen molar-refractivity contribution in [2.75, 3.05) is 11.9 Å². The average molecular weight is 341 g/mol. The molecule has 6 heteroatoms. The Balaban J connectivity index is 1.76. The lowest BCUT2D eigenvalue weighted by Crippen LogP contribution is -2.13. The summed E-state index contributed by atoms with van der Waals surface area (Å²) in [5, 5.41) is 13.2. The van der Waals surface area contributed by atoms with Gasteiger partial charge in [0.25, 0.3) is 0 Å². The lowest BCUT2D eigenvalue weighted by molar-refractivity contribution is 0.191. The monoisotopic (exact) mass is 341 g/mol. The van der Waals surface area contributed by atoms with Gasteiger partial charge in [-0.05, 0) is 30.2 Å². The van der Waals surface area contributed by atoms with Crippen molar-refractivity contribution < 1.29 is 13.9 Å². The van der Waals surface area contributed by atoms with Crippen molar-refractivity contribution in [1.82, 2.24) is 9.97 Å². The van der Waals surface area contributed by atoms with Crippen molar-refractivity contribution in [1.29, 1.82) is 0 Å². The molecule has 0 saturated carbocycles. The zero-order chi connectivity index (χ0) is 17.8. The summed E-state index contributed by atoms with van der Waals surface area (Å²) in [5.41, 5.74) is 1.93. The number of rotatable bonds is 5. The van der Waals surface area contributed by atoms with Crippen LogP contribution in [0.5, 0.6) is 0 Å². The summed E-state index contributed by atoms with van der Waals surface area (Å²) in [6.07, 6.45) is 0.647. The molecule has 128 valence electrons. The molecule has 0 spiro atoms. The van der Waals surface area contributed by atoms with E-state index < -0.39 is 17.7 Å². The normalized spacial score (nSPS) is 12.0. The molecule has 1 aromatic heterocycles. The van der Waals surface area contributed by atoms with Gasteiger partial charge in [-0.2, -0.15) is 0 Å². The molecule has 0 aliphatic heterocycles. The van der Waals surface area contributed by atoms with Gasteiger partial charge in [0.15, 0.2) is 11.6 Å². The summed E-state index contributed by atoms with van der Waals surface area (Å²) < 4.78 is 27.0. The van der Waals surface area contributed by atoms with Gasteiger partial charge < -0.3 is 10.4 Å². The number of halogens is 2. The van der Waals surface area contributed by atoms with Gasteiger partial charge in [-0.15, -0.1) is 0 Å². The first-order chi connectivity index (χ1) is 12.0. The number of nitrogens with one attached hydrogen (secondary N) is 1. The van der Waals surface area contributed by atoms with Gasteiger partial charge in [-0.3, -0.25) is 0 Å². The number of aryl methyl sites for hydroxylation is 1. The van der Waals surface area contributed by atoms with Crippen LogP contribution in [0.25, 0.3) is 11.3 Å². The molecule has 4 nitrogen and oxygen atoms in total.